The van der Waals surface area contributed by atoms with Gasteiger partial charge in [-0.2, -0.15) is 4.98 Å². The van der Waals surface area contributed by atoms with E-state index in [1.807, 2.05) is 39.0 Å². The van der Waals surface area contributed by atoms with E-state index in [1.54, 1.807) is 13.2 Å². The smallest absolute Gasteiger partial charge is 0.274 e. The number of hydrogen-bond donors (Lipinski definition) is 1. The molecule has 2 aromatic heterocycles. The average molecular weight is 474 g/mol. The van der Waals surface area contributed by atoms with Crippen molar-refractivity contribution in [3.8, 4) is 5.75 Å². The number of hydrogen-bond acceptors (Lipinski definition) is 8. The van der Waals surface area contributed by atoms with Crippen LogP contribution in [0.5, 0.6) is 5.75 Å². The van der Waals surface area contributed by atoms with Crippen LogP contribution in [0.1, 0.15) is 19.4 Å². The zero-order valence-corrected chi connectivity index (χ0v) is 20.3. The SMILES string of the molecule is C=CCn1c(SCC(=O)Nc2cc(C)ccc2OC)nc2nc(N(CC)CC)sc2c1=O. The van der Waals surface area contributed by atoms with E-state index >= 15 is 0 Å². The van der Waals surface area contributed by atoms with Crippen LogP contribution in [-0.4, -0.2) is 46.4 Å². The minimum absolute atomic E-state index is 0.0826. The monoisotopic (exact) mass is 473 g/mol. The van der Waals surface area contributed by atoms with Gasteiger partial charge in [-0.05, 0) is 38.5 Å². The Labute approximate surface area is 195 Å². The number of ether oxygens (including phenoxy) is 1. The van der Waals surface area contributed by atoms with E-state index in [4.69, 9.17) is 4.74 Å². The highest BCUT2D eigenvalue weighted by Crippen LogP contribution is 2.28. The van der Waals surface area contributed by atoms with Gasteiger partial charge in [-0.3, -0.25) is 14.2 Å². The first-order valence-electron chi connectivity index (χ1n) is 10.3. The minimum atomic E-state index is -0.222. The molecule has 0 aliphatic heterocycles. The number of allylic oxidation sites excluding steroid dienone is 1. The van der Waals surface area contributed by atoms with Crippen molar-refractivity contribution < 1.29 is 9.53 Å². The van der Waals surface area contributed by atoms with E-state index in [-0.39, 0.29) is 17.2 Å². The number of thiazole rings is 1. The lowest BCUT2D eigenvalue weighted by Crippen LogP contribution is -2.23. The van der Waals surface area contributed by atoms with Crippen LogP contribution in [0.25, 0.3) is 10.3 Å². The number of benzene rings is 1. The van der Waals surface area contributed by atoms with Gasteiger partial charge in [0.15, 0.2) is 15.9 Å². The van der Waals surface area contributed by atoms with Crippen molar-refractivity contribution in [2.24, 2.45) is 0 Å². The molecule has 0 saturated heterocycles. The van der Waals surface area contributed by atoms with Gasteiger partial charge in [-0.15, -0.1) is 6.58 Å². The van der Waals surface area contributed by atoms with Gasteiger partial charge in [0.1, 0.15) is 10.4 Å². The molecule has 0 radical (unpaired) electrons. The number of carbonyl (C=O) groups excluding carboxylic acids is 1. The van der Waals surface area contributed by atoms with E-state index < -0.39 is 0 Å². The van der Waals surface area contributed by atoms with Crippen molar-refractivity contribution in [3.05, 3.63) is 46.8 Å². The lowest BCUT2D eigenvalue weighted by molar-refractivity contribution is -0.113. The number of aryl methyl sites for hydroxylation is 1. The highest BCUT2D eigenvalue weighted by atomic mass is 32.2. The predicted octanol–water partition coefficient (Wildman–Crippen LogP) is 3.93. The molecular weight excluding hydrogens is 446 g/mol. The normalized spacial score (nSPS) is 10.9. The van der Waals surface area contributed by atoms with Crippen molar-refractivity contribution in [3.63, 3.8) is 0 Å². The first-order chi connectivity index (χ1) is 15.4. The summed E-state index contributed by atoms with van der Waals surface area (Å²) in [6, 6.07) is 5.57. The molecule has 170 valence electrons. The van der Waals surface area contributed by atoms with Crippen LogP contribution in [0, 0.1) is 6.92 Å². The van der Waals surface area contributed by atoms with Crippen molar-refractivity contribution in [2.75, 3.05) is 36.2 Å². The molecule has 2 heterocycles. The number of thioether (sulfide) groups is 1. The molecule has 0 aliphatic carbocycles. The fourth-order valence-corrected chi connectivity index (χ4v) is 5.02. The molecular formula is C22H27N5O3S2. The lowest BCUT2D eigenvalue weighted by atomic mass is 10.2. The molecule has 10 heteroatoms. The van der Waals surface area contributed by atoms with Gasteiger partial charge in [-0.1, -0.05) is 35.2 Å². The maximum Gasteiger partial charge on any atom is 0.274 e. The fourth-order valence-electron chi connectivity index (χ4n) is 3.14. The molecule has 1 aromatic carbocycles. The Kier molecular flexibility index (Phi) is 7.92. The number of nitrogens with one attached hydrogen (secondary N) is 1. The molecule has 0 spiro atoms. The summed E-state index contributed by atoms with van der Waals surface area (Å²) in [5, 5.41) is 4.07. The topological polar surface area (TPSA) is 89.3 Å². The number of anilines is 2. The predicted molar refractivity (Wildman–Crippen MR) is 133 cm³/mol. The maximum atomic E-state index is 13.1. The zero-order chi connectivity index (χ0) is 23.3. The molecule has 8 nitrogen and oxygen atoms in total. The lowest BCUT2D eigenvalue weighted by Gasteiger charge is -2.15. The standard InChI is InChI=1S/C22H27N5O3S2/c1-6-11-27-20(29)18-19(24-21(32-18)26(7-2)8-3)25-22(27)31-13-17(28)23-15-12-14(4)9-10-16(15)30-5/h6,9-10,12H,1,7-8,11,13H2,2-5H3,(H,23,28). The molecule has 3 rings (SSSR count). The Morgan fingerprint density at radius 3 is 2.75 bits per heavy atom. The number of fused-ring (bicyclic) bond motifs is 1. The van der Waals surface area contributed by atoms with E-state index in [0.717, 1.165) is 23.8 Å². The first-order valence-corrected chi connectivity index (χ1v) is 12.1. The van der Waals surface area contributed by atoms with E-state index in [1.165, 1.54) is 27.7 Å². The van der Waals surface area contributed by atoms with E-state index in [9.17, 15) is 9.59 Å². The van der Waals surface area contributed by atoms with Crippen molar-refractivity contribution in [1.82, 2.24) is 14.5 Å². The highest BCUT2D eigenvalue weighted by Gasteiger charge is 2.18. The van der Waals surface area contributed by atoms with Crippen molar-refractivity contribution in [1.29, 1.82) is 0 Å². The minimum Gasteiger partial charge on any atom is -0.495 e. The van der Waals surface area contributed by atoms with Crippen LogP contribution in [-0.2, 0) is 11.3 Å². The molecule has 0 saturated carbocycles. The van der Waals surface area contributed by atoms with Crippen LogP contribution in [0.15, 0.2) is 40.8 Å². The molecule has 0 fully saturated rings. The van der Waals surface area contributed by atoms with Gasteiger partial charge < -0.3 is 15.0 Å². The second kappa shape index (κ2) is 10.6. The summed E-state index contributed by atoms with van der Waals surface area (Å²) < 4.78 is 7.36. The molecule has 0 aliphatic rings. The zero-order valence-electron chi connectivity index (χ0n) is 18.7. The third kappa shape index (κ3) is 5.13. The van der Waals surface area contributed by atoms with Crippen LogP contribution >= 0.6 is 23.1 Å². The summed E-state index contributed by atoms with van der Waals surface area (Å²) in [6.07, 6.45) is 1.64. The molecule has 1 amide bonds. The number of methoxy groups -OCH3 is 1. The Morgan fingerprint density at radius 1 is 1.34 bits per heavy atom. The van der Waals surface area contributed by atoms with Crippen LogP contribution in [0.4, 0.5) is 10.8 Å². The summed E-state index contributed by atoms with van der Waals surface area (Å²) in [6.45, 7) is 11.7. The summed E-state index contributed by atoms with van der Waals surface area (Å²) in [4.78, 5) is 37.0. The molecule has 1 N–H and O–H groups in total. The number of nitrogens with zero attached hydrogens (tertiary/aromatic N) is 4. The average Bonchev–Trinajstić information content (AvgIpc) is 3.20. The number of aromatic nitrogens is 3. The molecule has 3 aromatic rings. The third-order valence-corrected chi connectivity index (χ3v) is 6.85. The Balaban J connectivity index is 1.86. The summed E-state index contributed by atoms with van der Waals surface area (Å²) in [7, 11) is 1.56. The van der Waals surface area contributed by atoms with Gasteiger partial charge in [0.25, 0.3) is 5.56 Å². The van der Waals surface area contributed by atoms with Gasteiger partial charge in [0.05, 0.1) is 18.6 Å². The fraction of sp³-hybridized carbons (Fsp3) is 0.364. The number of amides is 1. The molecule has 0 unspecified atom stereocenters. The molecule has 0 bridgehead atoms. The van der Waals surface area contributed by atoms with Crippen molar-refractivity contribution >= 4 is 50.2 Å². The quantitative estimate of drug-likeness (QED) is 0.271. The Morgan fingerprint density at radius 2 is 2.09 bits per heavy atom. The second-order valence-corrected chi connectivity index (χ2v) is 8.88. The van der Waals surface area contributed by atoms with Gasteiger partial charge >= 0.3 is 0 Å². The largest absolute Gasteiger partial charge is 0.495 e. The Hall–Kier alpha value is -2.85. The number of rotatable bonds is 10. The molecule has 32 heavy (non-hydrogen) atoms. The van der Waals surface area contributed by atoms with Crippen molar-refractivity contribution in [2.45, 2.75) is 32.5 Å². The van der Waals surface area contributed by atoms with Crippen LogP contribution in [0.2, 0.25) is 0 Å². The molecule has 0 atom stereocenters. The highest BCUT2D eigenvalue weighted by molar-refractivity contribution is 7.99. The van der Waals surface area contributed by atoms with Crippen LogP contribution < -0.4 is 20.5 Å². The summed E-state index contributed by atoms with van der Waals surface area (Å²) in [5.74, 6) is 0.447. The second-order valence-electron chi connectivity index (χ2n) is 6.96. The van der Waals surface area contributed by atoms with Gasteiger partial charge in [0, 0.05) is 19.6 Å². The van der Waals surface area contributed by atoms with E-state index in [0.29, 0.717) is 33.5 Å². The van der Waals surface area contributed by atoms with Gasteiger partial charge in [0.2, 0.25) is 5.91 Å². The third-order valence-electron chi connectivity index (χ3n) is 4.78. The summed E-state index contributed by atoms with van der Waals surface area (Å²) >= 11 is 2.54. The van der Waals surface area contributed by atoms with E-state index in [2.05, 4.69) is 26.8 Å². The van der Waals surface area contributed by atoms with Crippen LogP contribution in [0.3, 0.4) is 0 Å². The Bertz CT molecular complexity index is 1180. The number of carbonyl (C=O) groups is 1. The first kappa shape index (κ1) is 23.8. The van der Waals surface area contributed by atoms with Gasteiger partial charge in [-0.25, -0.2) is 4.98 Å². The summed E-state index contributed by atoms with van der Waals surface area (Å²) in [5.41, 5.74) is 1.85. The maximum absolute atomic E-state index is 13.1.